The van der Waals surface area contributed by atoms with E-state index in [9.17, 15) is 4.39 Å². The van der Waals surface area contributed by atoms with Crippen molar-refractivity contribution in [2.75, 3.05) is 24.5 Å². The maximum atomic E-state index is 13.7. The highest BCUT2D eigenvalue weighted by Crippen LogP contribution is 2.20. The van der Waals surface area contributed by atoms with Crippen LogP contribution in [0, 0.1) is 5.82 Å². The Morgan fingerprint density at radius 2 is 1.88 bits per heavy atom. The second-order valence-electron chi connectivity index (χ2n) is 4.13. The predicted octanol–water partition coefficient (Wildman–Crippen LogP) is 3.17. The van der Waals surface area contributed by atoms with Crippen LogP contribution in [0.25, 0.3) is 0 Å². The number of nitrogens with one attached hydrogen (secondary N) is 1. The Bertz CT molecular complexity index is 335. The van der Waals surface area contributed by atoms with Gasteiger partial charge >= 0.3 is 0 Å². The molecule has 0 aliphatic carbocycles. The van der Waals surface area contributed by atoms with Gasteiger partial charge in [-0.3, -0.25) is 0 Å². The zero-order valence-electron chi connectivity index (χ0n) is 11.1. The molecule has 0 spiro atoms. The summed E-state index contributed by atoms with van der Waals surface area (Å²) >= 11 is 0. The van der Waals surface area contributed by atoms with E-state index in [-0.39, 0.29) is 5.82 Å². The quantitative estimate of drug-likeness (QED) is 0.734. The van der Waals surface area contributed by atoms with Crippen molar-refractivity contribution in [2.24, 2.45) is 0 Å². The minimum Gasteiger partial charge on any atom is -0.370 e. The average molecular weight is 238 g/mol. The van der Waals surface area contributed by atoms with Gasteiger partial charge in [-0.25, -0.2) is 4.39 Å². The van der Waals surface area contributed by atoms with Gasteiger partial charge in [-0.1, -0.05) is 13.0 Å². The van der Waals surface area contributed by atoms with E-state index in [4.69, 9.17) is 0 Å². The molecule has 1 N–H and O–H groups in total. The van der Waals surface area contributed by atoms with Crippen molar-refractivity contribution in [1.82, 2.24) is 5.32 Å². The number of rotatable bonds is 7. The van der Waals surface area contributed by atoms with Crippen molar-refractivity contribution >= 4 is 5.69 Å². The highest BCUT2D eigenvalue weighted by molar-refractivity contribution is 5.49. The zero-order valence-corrected chi connectivity index (χ0v) is 11.1. The van der Waals surface area contributed by atoms with E-state index in [1.807, 2.05) is 30.9 Å². The standard InChI is InChI=1S/C14H23FN2/c1-4-9-16-11-12-7-8-13(15)14(10-12)17(5-2)6-3/h7-8,10,16H,4-6,9,11H2,1-3H3. The fourth-order valence-corrected chi connectivity index (χ4v) is 1.88. The summed E-state index contributed by atoms with van der Waals surface area (Å²) < 4.78 is 13.7. The number of benzene rings is 1. The van der Waals surface area contributed by atoms with Gasteiger partial charge < -0.3 is 10.2 Å². The molecular formula is C14H23FN2. The van der Waals surface area contributed by atoms with E-state index in [2.05, 4.69) is 12.2 Å². The van der Waals surface area contributed by atoms with Gasteiger partial charge in [0, 0.05) is 19.6 Å². The molecule has 0 aromatic heterocycles. The molecule has 0 aliphatic heterocycles. The number of halogens is 1. The first-order chi connectivity index (χ1) is 8.22. The molecule has 96 valence electrons. The fourth-order valence-electron chi connectivity index (χ4n) is 1.88. The number of anilines is 1. The molecule has 1 aromatic rings. The average Bonchev–Trinajstić information content (AvgIpc) is 2.34. The summed E-state index contributed by atoms with van der Waals surface area (Å²) in [7, 11) is 0. The second-order valence-corrected chi connectivity index (χ2v) is 4.13. The number of hydrogen-bond donors (Lipinski definition) is 1. The molecule has 0 aliphatic rings. The lowest BCUT2D eigenvalue weighted by Crippen LogP contribution is -2.23. The molecule has 0 bridgehead atoms. The first-order valence-corrected chi connectivity index (χ1v) is 6.47. The minimum absolute atomic E-state index is 0.132. The molecule has 0 saturated carbocycles. The summed E-state index contributed by atoms with van der Waals surface area (Å²) in [6.45, 7) is 9.70. The zero-order chi connectivity index (χ0) is 12.7. The van der Waals surface area contributed by atoms with Crippen molar-refractivity contribution in [1.29, 1.82) is 0 Å². The van der Waals surface area contributed by atoms with Crippen LogP contribution < -0.4 is 10.2 Å². The van der Waals surface area contributed by atoms with Crippen LogP contribution in [0.3, 0.4) is 0 Å². The van der Waals surface area contributed by atoms with Crippen LogP contribution in [0.5, 0.6) is 0 Å². The Labute approximate surface area is 104 Å². The third-order valence-corrected chi connectivity index (χ3v) is 2.87. The fraction of sp³-hybridized carbons (Fsp3) is 0.571. The molecule has 0 amide bonds. The van der Waals surface area contributed by atoms with Gasteiger partial charge in [-0.15, -0.1) is 0 Å². The Morgan fingerprint density at radius 3 is 2.47 bits per heavy atom. The Morgan fingerprint density at radius 1 is 1.18 bits per heavy atom. The molecule has 0 heterocycles. The lowest BCUT2D eigenvalue weighted by Gasteiger charge is -2.22. The summed E-state index contributed by atoms with van der Waals surface area (Å²) in [5.41, 5.74) is 1.85. The summed E-state index contributed by atoms with van der Waals surface area (Å²) in [6.07, 6.45) is 1.12. The third kappa shape index (κ3) is 4.00. The predicted molar refractivity (Wildman–Crippen MR) is 72.0 cm³/mol. The van der Waals surface area contributed by atoms with Crippen molar-refractivity contribution in [3.8, 4) is 0 Å². The van der Waals surface area contributed by atoms with Gasteiger partial charge in [-0.2, -0.15) is 0 Å². The van der Waals surface area contributed by atoms with Crippen LogP contribution in [0.4, 0.5) is 10.1 Å². The topological polar surface area (TPSA) is 15.3 Å². The van der Waals surface area contributed by atoms with E-state index in [1.54, 1.807) is 6.07 Å². The molecule has 0 fully saturated rings. The van der Waals surface area contributed by atoms with Crippen molar-refractivity contribution < 1.29 is 4.39 Å². The van der Waals surface area contributed by atoms with Crippen LogP contribution in [0.15, 0.2) is 18.2 Å². The van der Waals surface area contributed by atoms with E-state index >= 15 is 0 Å². The van der Waals surface area contributed by atoms with Crippen LogP contribution >= 0.6 is 0 Å². The van der Waals surface area contributed by atoms with Gasteiger partial charge in [0.2, 0.25) is 0 Å². The highest BCUT2D eigenvalue weighted by Gasteiger charge is 2.08. The van der Waals surface area contributed by atoms with E-state index in [0.29, 0.717) is 5.69 Å². The van der Waals surface area contributed by atoms with Gasteiger partial charge in [0.05, 0.1) is 5.69 Å². The Kier molecular flexibility index (Phi) is 5.98. The monoisotopic (exact) mass is 238 g/mol. The lowest BCUT2D eigenvalue weighted by molar-refractivity contribution is 0.616. The van der Waals surface area contributed by atoms with Crippen LogP contribution in [-0.2, 0) is 6.54 Å². The molecule has 1 rings (SSSR count). The lowest BCUT2D eigenvalue weighted by atomic mass is 10.1. The molecule has 0 atom stereocenters. The molecule has 0 saturated heterocycles. The number of nitrogens with zero attached hydrogens (tertiary/aromatic N) is 1. The molecule has 17 heavy (non-hydrogen) atoms. The van der Waals surface area contributed by atoms with Crippen LogP contribution in [0.1, 0.15) is 32.8 Å². The maximum Gasteiger partial charge on any atom is 0.146 e. The first-order valence-electron chi connectivity index (χ1n) is 6.47. The first kappa shape index (κ1) is 14.0. The molecule has 1 aromatic carbocycles. The van der Waals surface area contributed by atoms with Crippen molar-refractivity contribution in [2.45, 2.75) is 33.7 Å². The van der Waals surface area contributed by atoms with Gasteiger partial charge in [0.1, 0.15) is 5.82 Å². The Balaban J connectivity index is 2.78. The summed E-state index contributed by atoms with van der Waals surface area (Å²) in [4.78, 5) is 2.04. The molecular weight excluding hydrogens is 215 g/mol. The van der Waals surface area contributed by atoms with E-state index in [0.717, 1.165) is 38.2 Å². The van der Waals surface area contributed by atoms with Gasteiger partial charge in [0.15, 0.2) is 0 Å². The molecule has 3 heteroatoms. The highest BCUT2D eigenvalue weighted by atomic mass is 19.1. The van der Waals surface area contributed by atoms with E-state index in [1.165, 1.54) is 0 Å². The smallest absolute Gasteiger partial charge is 0.146 e. The minimum atomic E-state index is -0.132. The van der Waals surface area contributed by atoms with Crippen molar-refractivity contribution in [3.05, 3.63) is 29.6 Å². The van der Waals surface area contributed by atoms with E-state index < -0.39 is 0 Å². The third-order valence-electron chi connectivity index (χ3n) is 2.87. The van der Waals surface area contributed by atoms with Gasteiger partial charge in [0.25, 0.3) is 0 Å². The van der Waals surface area contributed by atoms with Gasteiger partial charge in [-0.05, 0) is 44.5 Å². The maximum absolute atomic E-state index is 13.7. The Hall–Kier alpha value is -1.09. The summed E-state index contributed by atoms with van der Waals surface area (Å²) in [5, 5.41) is 3.33. The number of hydrogen-bond acceptors (Lipinski definition) is 2. The van der Waals surface area contributed by atoms with Crippen LogP contribution in [0.2, 0.25) is 0 Å². The normalized spacial score (nSPS) is 10.6. The molecule has 0 unspecified atom stereocenters. The molecule has 0 radical (unpaired) electrons. The van der Waals surface area contributed by atoms with Crippen LogP contribution in [-0.4, -0.2) is 19.6 Å². The molecule has 2 nitrogen and oxygen atoms in total. The largest absolute Gasteiger partial charge is 0.370 e. The second kappa shape index (κ2) is 7.28. The summed E-state index contributed by atoms with van der Waals surface area (Å²) in [6, 6.07) is 5.37. The summed E-state index contributed by atoms with van der Waals surface area (Å²) in [5.74, 6) is -0.132. The SMILES string of the molecule is CCCNCc1ccc(F)c(N(CC)CC)c1. The van der Waals surface area contributed by atoms with Crippen molar-refractivity contribution in [3.63, 3.8) is 0 Å².